The van der Waals surface area contributed by atoms with Crippen molar-refractivity contribution in [2.45, 2.75) is 18.5 Å². The fourth-order valence-corrected chi connectivity index (χ4v) is 3.88. The molecule has 5 nitrogen and oxygen atoms in total. The van der Waals surface area contributed by atoms with Crippen LogP contribution >= 0.6 is 11.8 Å². The maximum atomic E-state index is 13.0. The summed E-state index contributed by atoms with van der Waals surface area (Å²) in [5.41, 5.74) is 3.17. The first-order valence-corrected chi connectivity index (χ1v) is 10.6. The zero-order valence-corrected chi connectivity index (χ0v) is 17.3. The van der Waals surface area contributed by atoms with Crippen LogP contribution in [0.25, 0.3) is 17.1 Å². The molecule has 2 aromatic carbocycles. The Morgan fingerprint density at radius 2 is 1.73 bits per heavy atom. The van der Waals surface area contributed by atoms with Gasteiger partial charge in [0, 0.05) is 23.7 Å². The molecule has 0 saturated heterocycles. The molecular formula is C23H21FN4OS. The number of hydrogen-bond donors (Lipinski definition) is 0. The first kappa shape index (κ1) is 20.1. The SMILES string of the molecule is Cc1ccccc1-n1c(SCCCOc2ccc(F)cc2)nnc1-c1ccncc1. The topological polar surface area (TPSA) is 52.8 Å². The molecule has 0 aliphatic rings. The van der Waals surface area contributed by atoms with Gasteiger partial charge in [-0.2, -0.15) is 0 Å². The van der Waals surface area contributed by atoms with Crippen molar-refractivity contribution in [3.05, 3.63) is 84.4 Å². The lowest BCUT2D eigenvalue weighted by molar-refractivity contribution is 0.318. The molecule has 4 aromatic rings. The van der Waals surface area contributed by atoms with Crippen molar-refractivity contribution in [1.82, 2.24) is 19.7 Å². The number of rotatable bonds is 8. The molecule has 0 aliphatic carbocycles. The summed E-state index contributed by atoms with van der Waals surface area (Å²) in [6.07, 6.45) is 4.34. The van der Waals surface area contributed by atoms with E-state index >= 15 is 0 Å². The maximum Gasteiger partial charge on any atom is 0.196 e. The molecule has 0 radical (unpaired) electrons. The summed E-state index contributed by atoms with van der Waals surface area (Å²) in [4.78, 5) is 4.10. The molecule has 2 aromatic heterocycles. The van der Waals surface area contributed by atoms with Crippen LogP contribution in [0.4, 0.5) is 4.39 Å². The van der Waals surface area contributed by atoms with Crippen molar-refractivity contribution in [3.8, 4) is 22.8 Å². The van der Waals surface area contributed by atoms with E-state index < -0.39 is 0 Å². The molecule has 0 N–H and O–H groups in total. The molecule has 152 valence electrons. The van der Waals surface area contributed by atoms with Crippen LogP contribution in [0, 0.1) is 12.7 Å². The molecule has 0 fully saturated rings. The Balaban J connectivity index is 1.48. The molecule has 0 aliphatic heterocycles. The number of halogens is 1. The van der Waals surface area contributed by atoms with Crippen LogP contribution in [-0.2, 0) is 0 Å². The highest BCUT2D eigenvalue weighted by Gasteiger charge is 2.17. The second-order valence-electron chi connectivity index (χ2n) is 6.67. The summed E-state index contributed by atoms with van der Waals surface area (Å²) in [6.45, 7) is 2.63. The Bertz CT molecular complexity index is 1100. The number of thioether (sulfide) groups is 1. The van der Waals surface area contributed by atoms with Crippen LogP contribution in [0.15, 0.2) is 78.2 Å². The number of pyridine rings is 1. The molecule has 30 heavy (non-hydrogen) atoms. The van der Waals surface area contributed by atoms with Crippen molar-refractivity contribution in [2.75, 3.05) is 12.4 Å². The van der Waals surface area contributed by atoms with Gasteiger partial charge in [-0.15, -0.1) is 10.2 Å². The molecule has 0 saturated carbocycles. The fraction of sp³-hybridized carbons (Fsp3) is 0.174. The zero-order valence-electron chi connectivity index (χ0n) is 16.5. The van der Waals surface area contributed by atoms with E-state index in [1.807, 2.05) is 24.3 Å². The summed E-state index contributed by atoms with van der Waals surface area (Å²) < 4.78 is 20.7. The van der Waals surface area contributed by atoms with Crippen LogP contribution in [-0.4, -0.2) is 32.1 Å². The predicted octanol–water partition coefficient (Wildman–Crippen LogP) is 5.34. The normalized spacial score (nSPS) is 10.9. The maximum absolute atomic E-state index is 13.0. The quantitative estimate of drug-likeness (QED) is 0.285. The summed E-state index contributed by atoms with van der Waals surface area (Å²) >= 11 is 1.64. The van der Waals surface area contributed by atoms with Crippen LogP contribution in [0.2, 0.25) is 0 Å². The van der Waals surface area contributed by atoms with Gasteiger partial charge in [-0.1, -0.05) is 30.0 Å². The number of aromatic nitrogens is 4. The van der Waals surface area contributed by atoms with E-state index in [1.165, 1.54) is 12.1 Å². The highest BCUT2D eigenvalue weighted by Crippen LogP contribution is 2.29. The molecule has 0 amide bonds. The van der Waals surface area contributed by atoms with Gasteiger partial charge >= 0.3 is 0 Å². The predicted molar refractivity (Wildman–Crippen MR) is 117 cm³/mol. The van der Waals surface area contributed by atoms with Crippen molar-refractivity contribution in [3.63, 3.8) is 0 Å². The Kier molecular flexibility index (Phi) is 6.39. The minimum atomic E-state index is -0.265. The third kappa shape index (κ3) is 4.68. The minimum absolute atomic E-state index is 0.265. The fourth-order valence-electron chi connectivity index (χ4n) is 3.03. The van der Waals surface area contributed by atoms with Crippen molar-refractivity contribution < 1.29 is 9.13 Å². The number of para-hydroxylation sites is 1. The van der Waals surface area contributed by atoms with Crippen molar-refractivity contribution in [2.24, 2.45) is 0 Å². The van der Waals surface area contributed by atoms with Gasteiger partial charge in [-0.25, -0.2) is 4.39 Å². The van der Waals surface area contributed by atoms with E-state index in [4.69, 9.17) is 4.74 Å². The second-order valence-corrected chi connectivity index (χ2v) is 7.73. The van der Waals surface area contributed by atoms with E-state index in [-0.39, 0.29) is 5.82 Å². The highest BCUT2D eigenvalue weighted by atomic mass is 32.2. The van der Waals surface area contributed by atoms with Crippen molar-refractivity contribution in [1.29, 1.82) is 0 Å². The number of benzene rings is 2. The van der Waals surface area contributed by atoms with Gasteiger partial charge in [0.25, 0.3) is 0 Å². The molecule has 0 unspecified atom stereocenters. The molecule has 4 rings (SSSR count). The Labute approximate surface area is 179 Å². The summed E-state index contributed by atoms with van der Waals surface area (Å²) in [6, 6.07) is 18.1. The van der Waals surface area contributed by atoms with Gasteiger partial charge in [0.15, 0.2) is 11.0 Å². The zero-order chi connectivity index (χ0) is 20.8. The first-order chi connectivity index (χ1) is 14.7. The van der Waals surface area contributed by atoms with Gasteiger partial charge in [-0.05, 0) is 61.4 Å². The Morgan fingerprint density at radius 3 is 2.50 bits per heavy atom. The number of aryl methyl sites for hydroxylation is 1. The summed E-state index contributed by atoms with van der Waals surface area (Å²) in [7, 11) is 0. The smallest absolute Gasteiger partial charge is 0.196 e. The third-order valence-corrected chi connectivity index (χ3v) is 5.55. The van der Waals surface area contributed by atoms with E-state index in [2.05, 4.69) is 38.8 Å². The molecule has 0 spiro atoms. The van der Waals surface area contributed by atoms with Gasteiger partial charge in [-0.3, -0.25) is 9.55 Å². The van der Waals surface area contributed by atoms with Gasteiger partial charge in [0.2, 0.25) is 0 Å². The second kappa shape index (κ2) is 9.54. The lowest BCUT2D eigenvalue weighted by Crippen LogP contribution is -2.03. The van der Waals surface area contributed by atoms with Crippen LogP contribution in [0.1, 0.15) is 12.0 Å². The van der Waals surface area contributed by atoms with Crippen molar-refractivity contribution >= 4 is 11.8 Å². The van der Waals surface area contributed by atoms with E-state index in [1.54, 1.807) is 36.3 Å². The van der Waals surface area contributed by atoms with E-state index in [0.29, 0.717) is 12.4 Å². The number of hydrogen-bond acceptors (Lipinski definition) is 5. The molecule has 0 atom stereocenters. The minimum Gasteiger partial charge on any atom is -0.494 e. The number of ether oxygens (including phenoxy) is 1. The highest BCUT2D eigenvalue weighted by molar-refractivity contribution is 7.99. The van der Waals surface area contributed by atoms with Crippen LogP contribution in [0.3, 0.4) is 0 Å². The van der Waals surface area contributed by atoms with E-state index in [9.17, 15) is 4.39 Å². The average molecular weight is 421 g/mol. The monoisotopic (exact) mass is 420 g/mol. The Hall–Kier alpha value is -3.19. The molecular weight excluding hydrogens is 399 g/mol. The lowest BCUT2D eigenvalue weighted by atomic mass is 10.2. The summed E-state index contributed by atoms with van der Waals surface area (Å²) in [5.74, 6) is 2.02. The van der Waals surface area contributed by atoms with Gasteiger partial charge < -0.3 is 4.74 Å². The summed E-state index contributed by atoms with van der Waals surface area (Å²) in [5, 5.41) is 9.74. The first-order valence-electron chi connectivity index (χ1n) is 9.65. The van der Waals surface area contributed by atoms with Crippen LogP contribution in [0.5, 0.6) is 5.75 Å². The third-order valence-electron chi connectivity index (χ3n) is 4.53. The standard InChI is InChI=1S/C23H21FN4OS/c1-17-5-2-3-6-21(17)28-22(18-11-13-25-14-12-18)26-27-23(28)30-16-4-15-29-20-9-7-19(24)8-10-20/h2-3,5-14H,4,15-16H2,1H3. The lowest BCUT2D eigenvalue weighted by Gasteiger charge is -2.13. The molecule has 0 bridgehead atoms. The number of nitrogens with zero attached hydrogens (tertiary/aromatic N) is 4. The van der Waals surface area contributed by atoms with Crippen LogP contribution < -0.4 is 4.74 Å². The van der Waals surface area contributed by atoms with Gasteiger partial charge in [0.1, 0.15) is 11.6 Å². The molecule has 2 heterocycles. The van der Waals surface area contributed by atoms with Gasteiger partial charge in [0.05, 0.1) is 12.3 Å². The largest absolute Gasteiger partial charge is 0.494 e. The molecule has 7 heteroatoms. The average Bonchev–Trinajstić information content (AvgIpc) is 3.19. The van der Waals surface area contributed by atoms with E-state index in [0.717, 1.165) is 40.0 Å². The Morgan fingerprint density at radius 1 is 0.967 bits per heavy atom.